The maximum atomic E-state index is 5.97. The van der Waals surface area contributed by atoms with Crippen molar-refractivity contribution in [1.29, 1.82) is 0 Å². The van der Waals surface area contributed by atoms with E-state index >= 15 is 0 Å². The van der Waals surface area contributed by atoms with E-state index in [1.165, 1.54) is 6.33 Å². The lowest BCUT2D eigenvalue weighted by atomic mass is 10.3. The zero-order chi connectivity index (χ0) is 11.7. The monoisotopic (exact) mass is 256 g/mol. The minimum absolute atomic E-state index is 0.270. The van der Waals surface area contributed by atoms with Crippen molar-refractivity contribution in [2.75, 3.05) is 0 Å². The molecule has 0 fully saturated rings. The molecule has 0 unspecified atom stereocenters. The van der Waals surface area contributed by atoms with E-state index in [2.05, 4.69) is 15.0 Å². The summed E-state index contributed by atoms with van der Waals surface area (Å²) >= 11 is 11.8. The molecule has 6 heteroatoms. The van der Waals surface area contributed by atoms with E-state index in [-0.39, 0.29) is 5.88 Å². The second kappa shape index (κ2) is 4.39. The predicted octanol–water partition coefficient (Wildman–Crippen LogP) is 2.67. The first-order chi connectivity index (χ1) is 7.65. The van der Waals surface area contributed by atoms with Gasteiger partial charge in [0.2, 0.25) is 0 Å². The number of hydrogen-bond donors (Lipinski definition) is 0. The highest BCUT2D eigenvalue weighted by Crippen LogP contribution is 2.22. The standard InChI is InChI=1S/C10H10Cl2N4/c1-6-7(2)16(5-15-6)10-8(3-11)9(12)13-4-14-10/h4-5H,3H2,1-2H3. The highest BCUT2D eigenvalue weighted by molar-refractivity contribution is 6.31. The Balaban J connectivity index is 2.64. The highest BCUT2D eigenvalue weighted by Gasteiger charge is 2.13. The van der Waals surface area contributed by atoms with Gasteiger partial charge < -0.3 is 0 Å². The van der Waals surface area contributed by atoms with E-state index in [0.29, 0.717) is 16.5 Å². The number of alkyl halides is 1. The topological polar surface area (TPSA) is 43.6 Å². The van der Waals surface area contributed by atoms with Crippen LogP contribution in [-0.2, 0) is 5.88 Å². The molecule has 0 saturated heterocycles. The summed E-state index contributed by atoms with van der Waals surface area (Å²) in [6.07, 6.45) is 3.13. The molecule has 0 saturated carbocycles. The number of imidazole rings is 1. The first kappa shape index (κ1) is 11.4. The van der Waals surface area contributed by atoms with E-state index in [1.54, 1.807) is 6.33 Å². The van der Waals surface area contributed by atoms with Gasteiger partial charge in [0.15, 0.2) is 0 Å². The van der Waals surface area contributed by atoms with Crippen LogP contribution in [0.3, 0.4) is 0 Å². The molecular formula is C10H10Cl2N4. The molecule has 0 aliphatic carbocycles. The Kier molecular flexibility index (Phi) is 3.12. The van der Waals surface area contributed by atoms with E-state index in [0.717, 1.165) is 11.4 Å². The number of aryl methyl sites for hydroxylation is 1. The first-order valence-electron chi connectivity index (χ1n) is 4.71. The van der Waals surface area contributed by atoms with Crippen LogP contribution in [0, 0.1) is 13.8 Å². The van der Waals surface area contributed by atoms with Crippen molar-refractivity contribution in [1.82, 2.24) is 19.5 Å². The van der Waals surface area contributed by atoms with Crippen molar-refractivity contribution in [3.8, 4) is 5.82 Å². The Labute approximate surface area is 103 Å². The summed E-state index contributed by atoms with van der Waals surface area (Å²) in [4.78, 5) is 12.3. The summed E-state index contributed by atoms with van der Waals surface area (Å²) in [6.45, 7) is 3.91. The third-order valence-electron chi connectivity index (χ3n) is 2.48. The molecule has 0 N–H and O–H groups in total. The fourth-order valence-corrected chi connectivity index (χ4v) is 1.93. The van der Waals surface area contributed by atoms with Gasteiger partial charge in [0.1, 0.15) is 23.6 Å². The summed E-state index contributed by atoms with van der Waals surface area (Å²) < 4.78 is 1.86. The Bertz CT molecular complexity index is 522. The van der Waals surface area contributed by atoms with Gasteiger partial charge in [0.25, 0.3) is 0 Å². The number of aromatic nitrogens is 4. The predicted molar refractivity (Wildman–Crippen MR) is 63.2 cm³/mol. The number of rotatable bonds is 2. The van der Waals surface area contributed by atoms with Crippen molar-refractivity contribution < 1.29 is 0 Å². The lowest BCUT2D eigenvalue weighted by molar-refractivity contribution is 0.914. The summed E-state index contributed by atoms with van der Waals surface area (Å²) in [7, 11) is 0. The van der Waals surface area contributed by atoms with Crippen LogP contribution in [0.1, 0.15) is 17.0 Å². The average molecular weight is 257 g/mol. The zero-order valence-electron chi connectivity index (χ0n) is 8.91. The van der Waals surface area contributed by atoms with Gasteiger partial charge in [-0.2, -0.15) is 0 Å². The van der Waals surface area contributed by atoms with E-state index < -0.39 is 0 Å². The third-order valence-corrected chi connectivity index (χ3v) is 3.08. The van der Waals surface area contributed by atoms with E-state index in [9.17, 15) is 0 Å². The zero-order valence-corrected chi connectivity index (χ0v) is 10.4. The highest BCUT2D eigenvalue weighted by atomic mass is 35.5. The number of halogens is 2. The van der Waals surface area contributed by atoms with Crippen LogP contribution in [0.4, 0.5) is 0 Å². The molecule has 16 heavy (non-hydrogen) atoms. The Hall–Kier alpha value is -1.13. The second-order valence-electron chi connectivity index (χ2n) is 3.39. The van der Waals surface area contributed by atoms with Gasteiger partial charge in [-0.15, -0.1) is 11.6 Å². The van der Waals surface area contributed by atoms with Gasteiger partial charge in [-0.05, 0) is 13.8 Å². The lowest BCUT2D eigenvalue weighted by Crippen LogP contribution is -2.04. The van der Waals surface area contributed by atoms with Crippen molar-refractivity contribution in [2.24, 2.45) is 0 Å². The van der Waals surface area contributed by atoms with Crippen molar-refractivity contribution >= 4 is 23.2 Å². The van der Waals surface area contributed by atoms with Crippen LogP contribution in [-0.4, -0.2) is 19.5 Å². The molecule has 2 heterocycles. The molecule has 0 amide bonds. The van der Waals surface area contributed by atoms with Crippen LogP contribution < -0.4 is 0 Å². The minimum atomic E-state index is 0.270. The molecule has 2 rings (SSSR count). The van der Waals surface area contributed by atoms with Gasteiger partial charge >= 0.3 is 0 Å². The molecule has 0 aliphatic rings. The smallest absolute Gasteiger partial charge is 0.147 e. The number of nitrogens with zero attached hydrogens (tertiary/aromatic N) is 4. The SMILES string of the molecule is Cc1ncn(-c2ncnc(Cl)c2CCl)c1C. The normalized spacial score (nSPS) is 10.8. The summed E-state index contributed by atoms with van der Waals surface area (Å²) in [5.74, 6) is 0.958. The van der Waals surface area contributed by atoms with Crippen LogP contribution in [0.2, 0.25) is 5.15 Å². The summed E-state index contributed by atoms with van der Waals surface area (Å²) in [6, 6.07) is 0. The summed E-state index contributed by atoms with van der Waals surface area (Å²) in [5.41, 5.74) is 2.68. The van der Waals surface area contributed by atoms with E-state index in [1.807, 2.05) is 18.4 Å². The molecule has 0 aliphatic heterocycles. The first-order valence-corrected chi connectivity index (χ1v) is 5.62. The maximum absolute atomic E-state index is 5.97. The van der Waals surface area contributed by atoms with Gasteiger partial charge in [-0.1, -0.05) is 11.6 Å². The summed E-state index contributed by atoms with van der Waals surface area (Å²) in [5, 5.41) is 0.380. The van der Waals surface area contributed by atoms with Gasteiger partial charge in [0.05, 0.1) is 11.6 Å². The van der Waals surface area contributed by atoms with Crippen LogP contribution in [0.15, 0.2) is 12.7 Å². The molecule has 0 spiro atoms. The van der Waals surface area contributed by atoms with Crippen molar-refractivity contribution in [3.05, 3.63) is 34.8 Å². The lowest BCUT2D eigenvalue weighted by Gasteiger charge is -2.09. The Morgan fingerprint density at radius 1 is 1.25 bits per heavy atom. The maximum Gasteiger partial charge on any atom is 0.147 e. The fraction of sp³-hybridized carbons (Fsp3) is 0.300. The molecule has 0 bridgehead atoms. The molecule has 0 radical (unpaired) electrons. The van der Waals surface area contributed by atoms with Crippen LogP contribution in [0.25, 0.3) is 5.82 Å². The van der Waals surface area contributed by atoms with E-state index in [4.69, 9.17) is 23.2 Å². The Morgan fingerprint density at radius 3 is 2.56 bits per heavy atom. The Morgan fingerprint density at radius 2 is 2.00 bits per heavy atom. The fourth-order valence-electron chi connectivity index (χ4n) is 1.42. The second-order valence-corrected chi connectivity index (χ2v) is 4.01. The van der Waals surface area contributed by atoms with Crippen LogP contribution in [0.5, 0.6) is 0 Å². The van der Waals surface area contributed by atoms with Crippen molar-refractivity contribution in [2.45, 2.75) is 19.7 Å². The molecule has 2 aromatic rings. The molecular weight excluding hydrogens is 247 g/mol. The third kappa shape index (κ3) is 1.79. The average Bonchev–Trinajstić information content (AvgIpc) is 2.59. The molecule has 2 aromatic heterocycles. The quantitative estimate of drug-likeness (QED) is 0.613. The van der Waals surface area contributed by atoms with Crippen LogP contribution >= 0.6 is 23.2 Å². The molecule has 4 nitrogen and oxygen atoms in total. The van der Waals surface area contributed by atoms with Gasteiger partial charge in [-0.25, -0.2) is 15.0 Å². The van der Waals surface area contributed by atoms with Gasteiger partial charge in [0, 0.05) is 11.3 Å². The van der Waals surface area contributed by atoms with Crippen molar-refractivity contribution in [3.63, 3.8) is 0 Å². The molecule has 0 aromatic carbocycles. The minimum Gasteiger partial charge on any atom is -0.287 e. The molecule has 0 atom stereocenters. The molecule has 84 valence electrons. The number of hydrogen-bond acceptors (Lipinski definition) is 3. The largest absolute Gasteiger partial charge is 0.287 e. The van der Waals surface area contributed by atoms with Gasteiger partial charge in [-0.3, -0.25) is 4.57 Å².